The average molecular weight is 268 g/mol. The molecule has 20 heavy (non-hydrogen) atoms. The molecule has 1 aliphatic rings. The number of benzene rings is 2. The Morgan fingerprint density at radius 2 is 1.60 bits per heavy atom. The van der Waals surface area contributed by atoms with Crippen LogP contribution in [0.5, 0.6) is 0 Å². The zero-order valence-electron chi connectivity index (χ0n) is 11.0. The lowest BCUT2D eigenvalue weighted by Gasteiger charge is -2.14. The zero-order valence-corrected chi connectivity index (χ0v) is 11.0. The summed E-state index contributed by atoms with van der Waals surface area (Å²) in [6.45, 7) is 0. The lowest BCUT2D eigenvalue weighted by Crippen LogP contribution is -2.17. The fourth-order valence-electron chi connectivity index (χ4n) is 2.61. The first-order valence-corrected chi connectivity index (χ1v) is 6.74. The highest BCUT2D eigenvalue weighted by Gasteiger charge is 2.40. The molecule has 0 aromatic heterocycles. The first kappa shape index (κ1) is 12.9. The molecule has 0 spiro atoms. The monoisotopic (exact) mass is 268 g/mol. The van der Waals surface area contributed by atoms with Crippen molar-refractivity contribution in [3.8, 4) is 0 Å². The van der Waals surface area contributed by atoms with E-state index in [1.165, 1.54) is 0 Å². The van der Waals surface area contributed by atoms with Crippen LogP contribution in [0.2, 0.25) is 0 Å². The van der Waals surface area contributed by atoms with E-state index in [-0.39, 0.29) is 12.1 Å². The van der Waals surface area contributed by atoms with E-state index in [2.05, 4.69) is 0 Å². The molecule has 0 aliphatic carbocycles. The topological polar surface area (TPSA) is 46.5 Å². The van der Waals surface area contributed by atoms with Crippen molar-refractivity contribution in [3.63, 3.8) is 0 Å². The van der Waals surface area contributed by atoms with Gasteiger partial charge in [-0.25, -0.2) is 0 Å². The lowest BCUT2D eigenvalue weighted by molar-refractivity contribution is -0.147. The van der Waals surface area contributed by atoms with Crippen molar-refractivity contribution < 1.29 is 14.6 Å². The molecule has 3 unspecified atom stereocenters. The number of hydrogen-bond acceptors (Lipinski definition) is 3. The maximum Gasteiger partial charge on any atom is 0.312 e. The second-order valence-corrected chi connectivity index (χ2v) is 5.03. The van der Waals surface area contributed by atoms with E-state index in [1.54, 1.807) is 0 Å². The standard InChI is InChI=1S/C17H16O3/c18-16(13-9-5-2-6-10-13)14-11-15(20-17(14)19)12-7-3-1-4-8-12/h1-10,14-16,18H,11H2. The van der Waals surface area contributed by atoms with E-state index in [4.69, 9.17) is 4.74 Å². The van der Waals surface area contributed by atoms with Crippen molar-refractivity contribution in [1.82, 2.24) is 0 Å². The summed E-state index contributed by atoms with van der Waals surface area (Å²) in [5.74, 6) is -0.821. The van der Waals surface area contributed by atoms with E-state index < -0.39 is 12.0 Å². The summed E-state index contributed by atoms with van der Waals surface area (Å²) in [7, 11) is 0. The molecule has 2 aromatic carbocycles. The Bertz CT molecular complexity index is 580. The van der Waals surface area contributed by atoms with Crippen molar-refractivity contribution in [2.45, 2.75) is 18.6 Å². The highest BCUT2D eigenvalue weighted by Crippen LogP contribution is 2.39. The molecule has 3 rings (SSSR count). The summed E-state index contributed by atoms with van der Waals surface area (Å²) in [6.07, 6.45) is -0.552. The van der Waals surface area contributed by atoms with Crippen LogP contribution in [0.1, 0.15) is 29.8 Å². The summed E-state index contributed by atoms with van der Waals surface area (Å²) in [4.78, 5) is 12.0. The third-order valence-electron chi connectivity index (χ3n) is 3.72. The minimum Gasteiger partial charge on any atom is -0.457 e. The van der Waals surface area contributed by atoms with Gasteiger partial charge in [0, 0.05) is 6.42 Å². The van der Waals surface area contributed by atoms with Gasteiger partial charge in [0.1, 0.15) is 6.10 Å². The smallest absolute Gasteiger partial charge is 0.312 e. The van der Waals surface area contributed by atoms with Crippen LogP contribution in [0.25, 0.3) is 0 Å². The second kappa shape index (κ2) is 5.47. The van der Waals surface area contributed by atoms with Gasteiger partial charge in [-0.05, 0) is 11.1 Å². The molecule has 1 heterocycles. The van der Waals surface area contributed by atoms with Crippen molar-refractivity contribution in [2.24, 2.45) is 5.92 Å². The van der Waals surface area contributed by atoms with E-state index >= 15 is 0 Å². The predicted octanol–water partition coefficient (Wildman–Crippen LogP) is 3.02. The number of carbonyl (C=O) groups is 1. The van der Waals surface area contributed by atoms with Gasteiger partial charge in [-0.1, -0.05) is 60.7 Å². The summed E-state index contributed by atoms with van der Waals surface area (Å²) < 4.78 is 5.40. The van der Waals surface area contributed by atoms with Crippen LogP contribution in [-0.4, -0.2) is 11.1 Å². The van der Waals surface area contributed by atoms with Crippen LogP contribution >= 0.6 is 0 Å². The van der Waals surface area contributed by atoms with Gasteiger partial charge >= 0.3 is 5.97 Å². The normalized spacial score (nSPS) is 23.4. The first-order chi connectivity index (χ1) is 9.75. The number of cyclic esters (lactones) is 1. The van der Waals surface area contributed by atoms with Crippen LogP contribution in [-0.2, 0) is 9.53 Å². The highest BCUT2D eigenvalue weighted by atomic mass is 16.6. The summed E-state index contributed by atoms with van der Waals surface area (Å²) in [6, 6.07) is 18.9. The minimum atomic E-state index is -0.808. The Labute approximate surface area is 117 Å². The highest BCUT2D eigenvalue weighted by molar-refractivity contribution is 5.75. The third-order valence-corrected chi connectivity index (χ3v) is 3.72. The Morgan fingerprint density at radius 1 is 1.00 bits per heavy atom. The van der Waals surface area contributed by atoms with Crippen LogP contribution < -0.4 is 0 Å². The fourth-order valence-corrected chi connectivity index (χ4v) is 2.61. The summed E-state index contributed by atoms with van der Waals surface area (Å²) in [5, 5.41) is 10.4. The molecular weight excluding hydrogens is 252 g/mol. The molecule has 1 fully saturated rings. The molecule has 3 nitrogen and oxygen atoms in total. The minimum absolute atomic E-state index is 0.257. The molecule has 0 radical (unpaired) electrons. The molecule has 2 aromatic rings. The Hall–Kier alpha value is -2.13. The van der Waals surface area contributed by atoms with Crippen molar-refractivity contribution >= 4 is 5.97 Å². The van der Waals surface area contributed by atoms with Gasteiger partial charge in [-0.3, -0.25) is 4.79 Å². The lowest BCUT2D eigenvalue weighted by atomic mass is 9.91. The van der Waals surface area contributed by atoms with Gasteiger partial charge in [0.05, 0.1) is 12.0 Å². The molecular formula is C17H16O3. The second-order valence-electron chi connectivity index (χ2n) is 5.03. The van der Waals surface area contributed by atoms with E-state index in [9.17, 15) is 9.90 Å². The molecule has 0 bridgehead atoms. The Balaban J connectivity index is 1.78. The number of aliphatic hydroxyl groups excluding tert-OH is 1. The maximum atomic E-state index is 12.0. The van der Waals surface area contributed by atoms with Gasteiger partial charge in [-0.2, -0.15) is 0 Å². The van der Waals surface area contributed by atoms with Crippen molar-refractivity contribution in [3.05, 3.63) is 71.8 Å². The van der Waals surface area contributed by atoms with E-state index in [0.717, 1.165) is 11.1 Å². The van der Waals surface area contributed by atoms with Crippen LogP contribution in [0.4, 0.5) is 0 Å². The van der Waals surface area contributed by atoms with E-state index in [0.29, 0.717) is 6.42 Å². The van der Waals surface area contributed by atoms with Gasteiger partial charge in [-0.15, -0.1) is 0 Å². The summed E-state index contributed by atoms with van der Waals surface area (Å²) >= 11 is 0. The molecule has 3 heteroatoms. The predicted molar refractivity (Wildman–Crippen MR) is 74.8 cm³/mol. The molecule has 1 aliphatic heterocycles. The number of hydrogen-bond donors (Lipinski definition) is 1. The molecule has 102 valence electrons. The first-order valence-electron chi connectivity index (χ1n) is 6.74. The quantitative estimate of drug-likeness (QED) is 0.870. The number of carbonyl (C=O) groups excluding carboxylic acids is 1. The van der Waals surface area contributed by atoms with Gasteiger partial charge in [0.2, 0.25) is 0 Å². The SMILES string of the molecule is O=C1OC(c2ccccc2)CC1C(O)c1ccccc1. The molecule has 1 N–H and O–H groups in total. The van der Waals surface area contributed by atoms with Gasteiger partial charge < -0.3 is 9.84 Å². The zero-order chi connectivity index (χ0) is 13.9. The van der Waals surface area contributed by atoms with Gasteiger partial charge in [0.25, 0.3) is 0 Å². The largest absolute Gasteiger partial charge is 0.457 e. The number of aliphatic hydroxyl groups is 1. The third kappa shape index (κ3) is 2.45. The molecule has 3 atom stereocenters. The fraction of sp³-hybridized carbons (Fsp3) is 0.235. The maximum absolute atomic E-state index is 12.0. The van der Waals surface area contributed by atoms with Crippen molar-refractivity contribution in [1.29, 1.82) is 0 Å². The average Bonchev–Trinajstić information content (AvgIpc) is 2.90. The van der Waals surface area contributed by atoms with Crippen LogP contribution in [0.3, 0.4) is 0 Å². The van der Waals surface area contributed by atoms with Gasteiger partial charge in [0.15, 0.2) is 0 Å². The molecule has 0 amide bonds. The number of rotatable bonds is 3. The number of esters is 1. The number of ether oxygens (including phenoxy) is 1. The van der Waals surface area contributed by atoms with Crippen LogP contribution in [0.15, 0.2) is 60.7 Å². The Kier molecular flexibility index (Phi) is 3.52. The van der Waals surface area contributed by atoms with Crippen LogP contribution in [0, 0.1) is 5.92 Å². The van der Waals surface area contributed by atoms with E-state index in [1.807, 2.05) is 60.7 Å². The Morgan fingerprint density at radius 3 is 2.25 bits per heavy atom. The van der Waals surface area contributed by atoms with Crippen molar-refractivity contribution in [2.75, 3.05) is 0 Å². The molecule has 1 saturated heterocycles. The molecule has 0 saturated carbocycles. The summed E-state index contributed by atoms with van der Waals surface area (Å²) in [5.41, 5.74) is 1.73.